The minimum absolute atomic E-state index is 0. The number of benzene rings is 1. The van der Waals surface area contributed by atoms with Crippen molar-refractivity contribution in [2.75, 3.05) is 23.7 Å². The molecule has 0 fully saturated rings. The Morgan fingerprint density at radius 1 is 1.22 bits per heavy atom. The molecule has 11 heteroatoms. The molecule has 0 radical (unpaired) electrons. The topological polar surface area (TPSA) is 146 Å². The van der Waals surface area contributed by atoms with Crippen molar-refractivity contribution in [1.82, 2.24) is 9.71 Å². The van der Waals surface area contributed by atoms with Gasteiger partial charge in [0.15, 0.2) is 0 Å². The monoisotopic (exact) mass is 413 g/mol. The van der Waals surface area contributed by atoms with E-state index in [9.17, 15) is 18.0 Å². The SMILES string of the molecule is Cl.NC(=O)c1cc(S(=O)(=O)NCC(=O)Nc2ccc3c(c2)CCCN3)c[nH]1. The Bertz CT molecular complexity index is 957. The number of halogens is 1. The molecule has 1 aromatic heterocycles. The Morgan fingerprint density at radius 2 is 2.00 bits per heavy atom. The van der Waals surface area contributed by atoms with Crippen molar-refractivity contribution in [2.24, 2.45) is 5.73 Å². The lowest BCUT2D eigenvalue weighted by molar-refractivity contribution is -0.115. The van der Waals surface area contributed by atoms with Crippen molar-refractivity contribution in [3.63, 3.8) is 0 Å². The highest BCUT2D eigenvalue weighted by atomic mass is 35.5. The Kier molecular flexibility index (Phi) is 6.47. The number of rotatable bonds is 6. The average molecular weight is 414 g/mol. The van der Waals surface area contributed by atoms with Crippen LogP contribution in [0.2, 0.25) is 0 Å². The van der Waals surface area contributed by atoms with Gasteiger partial charge in [-0.1, -0.05) is 0 Å². The zero-order valence-corrected chi connectivity index (χ0v) is 15.9. The number of fused-ring (bicyclic) bond motifs is 1. The number of hydrogen-bond donors (Lipinski definition) is 5. The smallest absolute Gasteiger partial charge is 0.265 e. The summed E-state index contributed by atoms with van der Waals surface area (Å²) in [7, 11) is -3.93. The molecule has 1 aliphatic rings. The molecule has 2 aromatic rings. The molecule has 9 nitrogen and oxygen atoms in total. The van der Waals surface area contributed by atoms with Crippen LogP contribution >= 0.6 is 12.4 Å². The maximum Gasteiger partial charge on any atom is 0.265 e. The van der Waals surface area contributed by atoms with E-state index in [1.807, 2.05) is 12.1 Å². The van der Waals surface area contributed by atoms with Crippen molar-refractivity contribution in [3.05, 3.63) is 41.7 Å². The van der Waals surface area contributed by atoms with E-state index in [0.717, 1.165) is 42.9 Å². The highest BCUT2D eigenvalue weighted by Crippen LogP contribution is 2.25. The van der Waals surface area contributed by atoms with Gasteiger partial charge in [-0.3, -0.25) is 9.59 Å². The fourth-order valence-electron chi connectivity index (χ4n) is 2.67. The average Bonchev–Trinajstić information content (AvgIpc) is 3.11. The van der Waals surface area contributed by atoms with E-state index in [1.165, 1.54) is 0 Å². The fraction of sp³-hybridized carbons (Fsp3) is 0.250. The van der Waals surface area contributed by atoms with Crippen LogP contribution in [-0.4, -0.2) is 38.3 Å². The number of anilines is 2. The Hall–Kier alpha value is -2.56. The number of sulfonamides is 1. The lowest BCUT2D eigenvalue weighted by atomic mass is 10.0. The van der Waals surface area contributed by atoms with Gasteiger partial charge >= 0.3 is 0 Å². The van der Waals surface area contributed by atoms with Gasteiger partial charge in [0.05, 0.1) is 6.54 Å². The van der Waals surface area contributed by atoms with Crippen LogP contribution < -0.4 is 21.1 Å². The van der Waals surface area contributed by atoms with Gasteiger partial charge in [0.1, 0.15) is 10.6 Å². The summed E-state index contributed by atoms with van der Waals surface area (Å²) < 4.78 is 26.5. The first-order valence-electron chi connectivity index (χ1n) is 8.00. The Labute approximate surface area is 162 Å². The van der Waals surface area contributed by atoms with Gasteiger partial charge in [-0.2, -0.15) is 0 Å². The third-order valence-corrected chi connectivity index (χ3v) is 5.36. The lowest BCUT2D eigenvalue weighted by Crippen LogP contribution is -2.32. The van der Waals surface area contributed by atoms with Crippen LogP contribution in [0.15, 0.2) is 35.4 Å². The third-order valence-electron chi connectivity index (χ3n) is 3.98. The van der Waals surface area contributed by atoms with Crippen molar-refractivity contribution in [3.8, 4) is 0 Å². The van der Waals surface area contributed by atoms with Gasteiger partial charge in [-0.25, -0.2) is 13.1 Å². The summed E-state index contributed by atoms with van der Waals surface area (Å²) in [5.41, 5.74) is 7.81. The number of primary amides is 1. The third kappa shape index (κ3) is 5.00. The molecule has 146 valence electrons. The predicted molar refractivity (Wildman–Crippen MR) is 104 cm³/mol. The number of H-pyrrole nitrogens is 1. The van der Waals surface area contributed by atoms with E-state index >= 15 is 0 Å². The molecule has 0 saturated heterocycles. The minimum atomic E-state index is -3.93. The highest BCUT2D eigenvalue weighted by Gasteiger charge is 2.19. The second-order valence-electron chi connectivity index (χ2n) is 5.89. The van der Waals surface area contributed by atoms with Crippen LogP contribution in [0.5, 0.6) is 0 Å². The van der Waals surface area contributed by atoms with Crippen molar-refractivity contribution in [1.29, 1.82) is 0 Å². The Balaban J connectivity index is 0.00000261. The molecular formula is C16H20ClN5O4S. The molecule has 0 unspecified atom stereocenters. The minimum Gasteiger partial charge on any atom is -0.385 e. The summed E-state index contributed by atoms with van der Waals surface area (Å²) in [6, 6.07) is 6.63. The molecule has 3 rings (SSSR count). The summed E-state index contributed by atoms with van der Waals surface area (Å²) in [6.07, 6.45) is 3.08. The van der Waals surface area contributed by atoms with Crippen LogP contribution in [-0.2, 0) is 21.2 Å². The molecule has 2 amide bonds. The van der Waals surface area contributed by atoms with E-state index in [0.29, 0.717) is 5.69 Å². The molecule has 0 saturated carbocycles. The Morgan fingerprint density at radius 3 is 2.70 bits per heavy atom. The number of nitrogens with one attached hydrogen (secondary N) is 4. The first-order chi connectivity index (χ1) is 12.3. The summed E-state index contributed by atoms with van der Waals surface area (Å²) in [5.74, 6) is -1.27. The van der Waals surface area contributed by atoms with Crippen molar-refractivity contribution in [2.45, 2.75) is 17.7 Å². The van der Waals surface area contributed by atoms with Crippen molar-refractivity contribution < 1.29 is 18.0 Å². The van der Waals surface area contributed by atoms with Gasteiger partial charge in [0, 0.05) is 24.1 Å². The molecule has 0 atom stereocenters. The number of amides is 2. The number of aromatic amines is 1. The van der Waals surface area contributed by atoms with Gasteiger partial charge in [0.25, 0.3) is 5.91 Å². The molecule has 0 bridgehead atoms. The van der Waals surface area contributed by atoms with Crippen LogP contribution in [0.25, 0.3) is 0 Å². The number of nitrogens with two attached hydrogens (primary N) is 1. The molecule has 0 spiro atoms. The molecule has 6 N–H and O–H groups in total. The van der Waals surface area contributed by atoms with Crippen LogP contribution in [0.1, 0.15) is 22.5 Å². The first kappa shape index (κ1) is 20.7. The second-order valence-corrected chi connectivity index (χ2v) is 7.66. The van der Waals surface area contributed by atoms with E-state index < -0.39 is 28.4 Å². The second kappa shape index (κ2) is 8.42. The maximum atomic E-state index is 12.1. The number of hydrogen-bond acceptors (Lipinski definition) is 5. The lowest BCUT2D eigenvalue weighted by Gasteiger charge is -2.18. The van der Waals surface area contributed by atoms with E-state index in [-0.39, 0.29) is 23.0 Å². The highest BCUT2D eigenvalue weighted by molar-refractivity contribution is 7.89. The zero-order chi connectivity index (χ0) is 18.7. The molecular weight excluding hydrogens is 394 g/mol. The maximum absolute atomic E-state index is 12.1. The van der Waals surface area contributed by atoms with Gasteiger partial charge in [-0.05, 0) is 42.7 Å². The zero-order valence-electron chi connectivity index (χ0n) is 14.2. The number of aromatic nitrogens is 1. The van der Waals surface area contributed by atoms with Crippen LogP contribution in [0.3, 0.4) is 0 Å². The quantitative estimate of drug-likeness (QED) is 0.475. The normalized spacial score (nSPS) is 13.0. The summed E-state index contributed by atoms with van der Waals surface area (Å²) in [5, 5.41) is 5.94. The molecule has 2 heterocycles. The summed E-state index contributed by atoms with van der Waals surface area (Å²) in [4.78, 5) is 25.4. The number of carbonyl (C=O) groups is 2. The van der Waals surface area contributed by atoms with Gasteiger partial charge in [-0.15, -0.1) is 12.4 Å². The summed E-state index contributed by atoms with van der Waals surface area (Å²) >= 11 is 0. The van der Waals surface area contributed by atoms with E-state index in [4.69, 9.17) is 5.73 Å². The van der Waals surface area contributed by atoms with Gasteiger partial charge in [0.2, 0.25) is 15.9 Å². The molecule has 1 aromatic carbocycles. The number of carbonyl (C=O) groups excluding carboxylic acids is 2. The van der Waals surface area contributed by atoms with E-state index in [1.54, 1.807) is 6.07 Å². The van der Waals surface area contributed by atoms with E-state index in [2.05, 4.69) is 20.3 Å². The van der Waals surface area contributed by atoms with Crippen LogP contribution in [0, 0.1) is 0 Å². The summed E-state index contributed by atoms with van der Waals surface area (Å²) in [6.45, 7) is 0.492. The van der Waals surface area contributed by atoms with Crippen LogP contribution in [0.4, 0.5) is 11.4 Å². The fourth-order valence-corrected chi connectivity index (χ4v) is 3.65. The van der Waals surface area contributed by atoms with Crippen molar-refractivity contribution >= 4 is 45.6 Å². The largest absolute Gasteiger partial charge is 0.385 e. The predicted octanol–water partition coefficient (Wildman–Crippen LogP) is 0.810. The molecule has 0 aliphatic carbocycles. The number of aryl methyl sites for hydroxylation is 1. The molecule has 27 heavy (non-hydrogen) atoms. The van der Waals surface area contributed by atoms with Gasteiger partial charge < -0.3 is 21.4 Å². The first-order valence-corrected chi connectivity index (χ1v) is 9.48. The molecule has 1 aliphatic heterocycles. The standard InChI is InChI=1S/C16H19N5O4S.ClH/c17-16(23)14-7-12(8-19-14)26(24,25)20-9-15(22)21-11-3-4-13-10(6-11)2-1-5-18-13;/h3-4,6-8,18-20H,1-2,5,9H2,(H2,17,23)(H,21,22);1H.